The number of nitrogens with zero attached hydrogens (tertiary/aromatic N) is 3. The predicted molar refractivity (Wildman–Crippen MR) is 65.4 cm³/mol. The highest BCUT2D eigenvalue weighted by Gasteiger charge is 2.23. The van der Waals surface area contributed by atoms with E-state index in [2.05, 4.69) is 15.3 Å². The van der Waals surface area contributed by atoms with Crippen molar-refractivity contribution in [1.82, 2.24) is 14.4 Å². The van der Waals surface area contributed by atoms with E-state index in [4.69, 9.17) is 4.74 Å². The summed E-state index contributed by atoms with van der Waals surface area (Å²) in [4.78, 5) is 8.71. The minimum atomic E-state index is 0.625. The van der Waals surface area contributed by atoms with Gasteiger partial charge in [-0.1, -0.05) is 0 Å². The lowest BCUT2D eigenvalue weighted by Crippen LogP contribution is -2.06. The predicted octanol–water partition coefficient (Wildman–Crippen LogP) is 1.95. The van der Waals surface area contributed by atoms with Crippen molar-refractivity contribution in [2.24, 2.45) is 5.92 Å². The third kappa shape index (κ3) is 2.18. The molecule has 2 aromatic heterocycles. The van der Waals surface area contributed by atoms with Crippen LogP contribution in [0.25, 0.3) is 5.65 Å². The van der Waals surface area contributed by atoms with Crippen molar-refractivity contribution >= 4 is 11.5 Å². The lowest BCUT2D eigenvalue weighted by atomic mass is 10.5. The maximum atomic E-state index is 5.75. The summed E-state index contributed by atoms with van der Waals surface area (Å²) in [5.41, 5.74) is 0.785. The zero-order valence-corrected chi connectivity index (χ0v) is 9.89. The Balaban J connectivity index is 1.90. The second kappa shape index (κ2) is 4.24. The number of hydrogen-bond acceptors (Lipinski definition) is 4. The lowest BCUT2D eigenvalue weighted by molar-refractivity contribution is 0.291. The van der Waals surface area contributed by atoms with Crippen LogP contribution in [-0.4, -0.2) is 27.5 Å². The zero-order valence-electron chi connectivity index (χ0n) is 9.89. The largest absolute Gasteiger partial charge is 0.475 e. The van der Waals surface area contributed by atoms with Gasteiger partial charge in [-0.3, -0.25) is 4.40 Å². The van der Waals surface area contributed by atoms with E-state index in [0.29, 0.717) is 5.88 Å². The molecule has 2 aromatic rings. The van der Waals surface area contributed by atoms with Crippen LogP contribution < -0.4 is 10.1 Å². The van der Waals surface area contributed by atoms with Gasteiger partial charge in [0.1, 0.15) is 5.82 Å². The van der Waals surface area contributed by atoms with Crippen LogP contribution >= 0.6 is 0 Å². The Kier molecular flexibility index (Phi) is 2.59. The molecular formula is C12H16N4O. The summed E-state index contributed by atoms with van der Waals surface area (Å²) in [5.74, 6) is 2.17. The summed E-state index contributed by atoms with van der Waals surface area (Å²) < 4.78 is 7.69. The van der Waals surface area contributed by atoms with Crippen molar-refractivity contribution in [3.63, 3.8) is 0 Å². The summed E-state index contributed by atoms with van der Waals surface area (Å²) in [6.07, 6.45) is 8.14. The van der Waals surface area contributed by atoms with Gasteiger partial charge in [-0.15, -0.1) is 0 Å². The van der Waals surface area contributed by atoms with Gasteiger partial charge < -0.3 is 10.1 Å². The molecule has 0 radical (unpaired) electrons. The van der Waals surface area contributed by atoms with Crippen molar-refractivity contribution in [3.05, 3.63) is 18.6 Å². The van der Waals surface area contributed by atoms with Crippen LogP contribution in [0.15, 0.2) is 18.6 Å². The molecule has 1 N–H and O–H groups in total. The van der Waals surface area contributed by atoms with Gasteiger partial charge in [-0.2, -0.15) is 4.98 Å². The molecule has 1 saturated carbocycles. The summed E-state index contributed by atoms with van der Waals surface area (Å²) in [7, 11) is 0. The van der Waals surface area contributed by atoms with Gasteiger partial charge in [-0.05, 0) is 25.7 Å². The molecular weight excluding hydrogens is 216 g/mol. The van der Waals surface area contributed by atoms with E-state index in [1.165, 1.54) is 12.8 Å². The Hall–Kier alpha value is -1.78. The number of imidazole rings is 1. The van der Waals surface area contributed by atoms with Crippen molar-refractivity contribution in [1.29, 1.82) is 0 Å². The van der Waals surface area contributed by atoms with Crippen LogP contribution in [-0.2, 0) is 0 Å². The highest BCUT2D eigenvalue weighted by Crippen LogP contribution is 2.30. The second-order valence-electron chi connectivity index (χ2n) is 4.37. The van der Waals surface area contributed by atoms with Crippen LogP contribution in [0.4, 0.5) is 5.82 Å². The molecule has 0 atom stereocenters. The number of rotatable bonds is 5. The van der Waals surface area contributed by atoms with Crippen molar-refractivity contribution in [2.45, 2.75) is 19.8 Å². The average Bonchev–Trinajstić information content (AvgIpc) is 3.03. The third-order valence-electron chi connectivity index (χ3n) is 2.85. The minimum Gasteiger partial charge on any atom is -0.475 e. The molecule has 1 fully saturated rings. The first-order chi connectivity index (χ1) is 8.36. The fourth-order valence-corrected chi connectivity index (χ4v) is 1.75. The first-order valence-electron chi connectivity index (χ1n) is 6.07. The summed E-state index contributed by atoms with van der Waals surface area (Å²) in [6, 6.07) is 0. The molecule has 90 valence electrons. The van der Waals surface area contributed by atoms with Crippen LogP contribution in [0.1, 0.15) is 19.8 Å². The summed E-state index contributed by atoms with van der Waals surface area (Å²) >= 11 is 0. The Morgan fingerprint density at radius 3 is 3.18 bits per heavy atom. The molecule has 0 amide bonds. The Bertz CT molecular complexity index is 518. The van der Waals surface area contributed by atoms with Crippen molar-refractivity contribution in [2.75, 3.05) is 18.5 Å². The maximum absolute atomic E-state index is 5.75. The lowest BCUT2D eigenvalue weighted by Gasteiger charge is -2.09. The Labute approximate surface area is 99.8 Å². The highest BCUT2D eigenvalue weighted by atomic mass is 16.5. The molecule has 0 aromatic carbocycles. The Morgan fingerprint density at radius 1 is 1.53 bits per heavy atom. The summed E-state index contributed by atoms with van der Waals surface area (Å²) in [5, 5.41) is 3.19. The normalized spacial score (nSPS) is 15.1. The molecule has 0 unspecified atom stereocenters. The number of nitrogens with one attached hydrogen (secondary N) is 1. The van der Waals surface area contributed by atoms with Crippen LogP contribution in [0.2, 0.25) is 0 Å². The maximum Gasteiger partial charge on any atom is 0.260 e. The molecule has 1 aliphatic rings. The van der Waals surface area contributed by atoms with Crippen LogP contribution in [0.3, 0.4) is 0 Å². The molecule has 2 heterocycles. The number of hydrogen-bond donors (Lipinski definition) is 1. The fourth-order valence-electron chi connectivity index (χ4n) is 1.75. The molecule has 5 nitrogen and oxygen atoms in total. The monoisotopic (exact) mass is 232 g/mol. The molecule has 1 aliphatic carbocycles. The first-order valence-corrected chi connectivity index (χ1v) is 6.07. The minimum absolute atomic E-state index is 0.625. The molecule has 5 heteroatoms. The van der Waals surface area contributed by atoms with Crippen molar-refractivity contribution in [3.8, 4) is 5.88 Å². The van der Waals surface area contributed by atoms with Gasteiger partial charge in [0.15, 0.2) is 0 Å². The second-order valence-corrected chi connectivity index (χ2v) is 4.37. The van der Waals surface area contributed by atoms with E-state index in [1.54, 1.807) is 6.20 Å². The van der Waals surface area contributed by atoms with Gasteiger partial charge >= 0.3 is 0 Å². The van der Waals surface area contributed by atoms with E-state index in [1.807, 2.05) is 23.7 Å². The average molecular weight is 232 g/mol. The van der Waals surface area contributed by atoms with Crippen LogP contribution in [0, 0.1) is 5.92 Å². The molecule has 0 bridgehead atoms. The van der Waals surface area contributed by atoms with Gasteiger partial charge in [0.25, 0.3) is 5.88 Å². The molecule has 0 saturated heterocycles. The van der Waals surface area contributed by atoms with Crippen molar-refractivity contribution < 1.29 is 4.74 Å². The molecule has 0 aliphatic heterocycles. The fraction of sp³-hybridized carbons (Fsp3) is 0.500. The van der Waals surface area contributed by atoms with Gasteiger partial charge in [0, 0.05) is 18.9 Å². The SMILES string of the molecule is CCNc1cn2ccnc2c(OCC2CC2)n1. The topological polar surface area (TPSA) is 51.5 Å². The number of fused-ring (bicyclic) bond motifs is 1. The van der Waals surface area contributed by atoms with E-state index in [0.717, 1.165) is 30.5 Å². The molecule has 3 rings (SSSR count). The van der Waals surface area contributed by atoms with Gasteiger partial charge in [0.05, 0.1) is 12.8 Å². The van der Waals surface area contributed by atoms with E-state index >= 15 is 0 Å². The highest BCUT2D eigenvalue weighted by molar-refractivity contribution is 5.53. The summed E-state index contributed by atoms with van der Waals surface area (Å²) in [6.45, 7) is 3.64. The standard InChI is InChI=1S/C12H16N4O/c1-2-13-10-7-16-6-5-14-11(16)12(15-10)17-8-9-3-4-9/h5-7,9,13H,2-4,8H2,1H3. The van der Waals surface area contributed by atoms with E-state index in [-0.39, 0.29) is 0 Å². The number of anilines is 1. The Morgan fingerprint density at radius 2 is 2.41 bits per heavy atom. The number of ether oxygens (including phenoxy) is 1. The van der Waals surface area contributed by atoms with Crippen LogP contribution in [0.5, 0.6) is 5.88 Å². The van der Waals surface area contributed by atoms with Gasteiger partial charge in [-0.25, -0.2) is 4.98 Å². The first kappa shape index (κ1) is 10.4. The number of aromatic nitrogens is 3. The molecule has 0 spiro atoms. The quantitative estimate of drug-likeness (QED) is 0.856. The zero-order chi connectivity index (χ0) is 11.7. The van der Waals surface area contributed by atoms with Gasteiger partial charge in [0.2, 0.25) is 5.65 Å². The smallest absolute Gasteiger partial charge is 0.260 e. The van der Waals surface area contributed by atoms with E-state index < -0.39 is 0 Å². The van der Waals surface area contributed by atoms with E-state index in [9.17, 15) is 0 Å². The molecule has 17 heavy (non-hydrogen) atoms. The third-order valence-corrected chi connectivity index (χ3v) is 2.85.